The van der Waals surface area contributed by atoms with E-state index in [1.807, 2.05) is 54.3 Å². The van der Waals surface area contributed by atoms with Crippen LogP contribution in [0.1, 0.15) is 23.6 Å². The van der Waals surface area contributed by atoms with Crippen LogP contribution in [0.25, 0.3) is 6.08 Å². The van der Waals surface area contributed by atoms with Crippen molar-refractivity contribution in [2.75, 3.05) is 27.4 Å². The van der Waals surface area contributed by atoms with Gasteiger partial charge in [0.05, 0.1) is 14.2 Å². The van der Waals surface area contributed by atoms with E-state index >= 15 is 0 Å². The monoisotopic (exact) mass is 367 g/mol. The Hall–Kier alpha value is -2.95. The van der Waals surface area contributed by atoms with Crippen LogP contribution in [-0.2, 0) is 17.8 Å². The highest BCUT2D eigenvalue weighted by atomic mass is 16.5. The predicted molar refractivity (Wildman–Crippen MR) is 105 cm³/mol. The summed E-state index contributed by atoms with van der Waals surface area (Å²) in [6.45, 7) is 3.21. The summed E-state index contributed by atoms with van der Waals surface area (Å²) in [4.78, 5) is 14.4. The zero-order valence-corrected chi connectivity index (χ0v) is 16.0. The third kappa shape index (κ3) is 4.42. The number of amides is 1. The van der Waals surface area contributed by atoms with Gasteiger partial charge in [-0.05, 0) is 54.3 Å². The molecule has 2 aromatic rings. The number of rotatable bonds is 6. The summed E-state index contributed by atoms with van der Waals surface area (Å²) in [5.41, 5.74) is 3.42. The van der Waals surface area contributed by atoms with E-state index in [2.05, 4.69) is 6.07 Å². The van der Waals surface area contributed by atoms with Crippen LogP contribution in [0.3, 0.4) is 0 Å². The summed E-state index contributed by atoms with van der Waals surface area (Å²) in [7, 11) is 3.24. The fourth-order valence-corrected chi connectivity index (χ4v) is 3.20. The largest absolute Gasteiger partial charge is 0.497 e. The lowest BCUT2D eigenvalue weighted by Gasteiger charge is -2.29. The lowest BCUT2D eigenvalue weighted by molar-refractivity contribution is -0.134. The van der Waals surface area contributed by atoms with Gasteiger partial charge in [0.2, 0.25) is 0 Å². The highest BCUT2D eigenvalue weighted by molar-refractivity contribution is 5.78. The summed E-state index contributed by atoms with van der Waals surface area (Å²) < 4.78 is 16.4. The molecule has 1 aliphatic heterocycles. The minimum atomic E-state index is -0.0388. The SMILES string of the molecule is C/C=C/c1ccc(OCC(=O)N2CCc3ccc(OC)cc3C2)c(OC)c1. The van der Waals surface area contributed by atoms with Crippen LogP contribution < -0.4 is 14.2 Å². The second-order valence-electron chi connectivity index (χ2n) is 6.40. The normalized spacial score (nSPS) is 13.4. The molecule has 1 aliphatic rings. The lowest BCUT2D eigenvalue weighted by atomic mass is 9.99. The van der Waals surface area contributed by atoms with Crippen molar-refractivity contribution in [1.29, 1.82) is 0 Å². The zero-order valence-electron chi connectivity index (χ0n) is 16.0. The Labute approximate surface area is 160 Å². The summed E-state index contributed by atoms with van der Waals surface area (Å²) >= 11 is 0. The van der Waals surface area contributed by atoms with E-state index in [0.29, 0.717) is 24.6 Å². The molecule has 0 atom stereocenters. The minimum absolute atomic E-state index is 0.0153. The quantitative estimate of drug-likeness (QED) is 0.781. The molecular weight excluding hydrogens is 342 g/mol. The number of carbonyl (C=O) groups excluding carboxylic acids is 1. The highest BCUT2D eigenvalue weighted by Gasteiger charge is 2.22. The summed E-state index contributed by atoms with van der Waals surface area (Å²) in [6.07, 6.45) is 4.78. The predicted octanol–water partition coefficient (Wildman–Crippen LogP) is 3.70. The van der Waals surface area contributed by atoms with Gasteiger partial charge < -0.3 is 19.1 Å². The Kier molecular flexibility index (Phi) is 6.01. The number of methoxy groups -OCH3 is 2. The molecule has 5 nitrogen and oxygen atoms in total. The molecule has 0 unspecified atom stereocenters. The fraction of sp³-hybridized carbons (Fsp3) is 0.318. The van der Waals surface area contributed by atoms with Crippen LogP contribution in [0.5, 0.6) is 17.2 Å². The van der Waals surface area contributed by atoms with Gasteiger partial charge in [0.1, 0.15) is 5.75 Å². The molecule has 0 fully saturated rings. The molecule has 2 aromatic carbocycles. The number of benzene rings is 2. The van der Waals surface area contributed by atoms with Crippen molar-refractivity contribution in [3.05, 3.63) is 59.2 Å². The highest BCUT2D eigenvalue weighted by Crippen LogP contribution is 2.29. The van der Waals surface area contributed by atoms with Crippen LogP contribution in [0.2, 0.25) is 0 Å². The van der Waals surface area contributed by atoms with Crippen LogP contribution in [0.4, 0.5) is 0 Å². The van der Waals surface area contributed by atoms with Gasteiger partial charge >= 0.3 is 0 Å². The molecule has 0 saturated carbocycles. The van der Waals surface area contributed by atoms with Gasteiger partial charge in [0, 0.05) is 13.1 Å². The van der Waals surface area contributed by atoms with Gasteiger partial charge in [-0.15, -0.1) is 0 Å². The zero-order chi connectivity index (χ0) is 19.2. The number of nitrogens with zero attached hydrogens (tertiary/aromatic N) is 1. The van der Waals surface area contributed by atoms with Crippen molar-refractivity contribution in [3.8, 4) is 17.2 Å². The number of ether oxygens (including phenoxy) is 3. The second-order valence-corrected chi connectivity index (χ2v) is 6.40. The molecule has 1 heterocycles. The van der Waals surface area contributed by atoms with Gasteiger partial charge in [0.15, 0.2) is 18.1 Å². The van der Waals surface area contributed by atoms with Gasteiger partial charge in [0.25, 0.3) is 5.91 Å². The van der Waals surface area contributed by atoms with E-state index in [1.54, 1.807) is 14.2 Å². The van der Waals surface area contributed by atoms with E-state index in [9.17, 15) is 4.79 Å². The number of allylic oxidation sites excluding steroid dienone is 1. The van der Waals surface area contributed by atoms with E-state index in [0.717, 1.165) is 23.3 Å². The standard InChI is InChI=1S/C22H25NO4/c1-4-5-16-6-9-20(21(12-16)26-3)27-15-22(24)23-11-10-17-7-8-19(25-2)13-18(17)14-23/h4-9,12-13H,10-11,14-15H2,1-3H3/b5-4+. The van der Waals surface area contributed by atoms with Crippen LogP contribution in [0.15, 0.2) is 42.5 Å². The van der Waals surface area contributed by atoms with E-state index in [1.165, 1.54) is 5.56 Å². The van der Waals surface area contributed by atoms with Gasteiger partial charge in [-0.25, -0.2) is 0 Å². The van der Waals surface area contributed by atoms with Crippen molar-refractivity contribution in [2.24, 2.45) is 0 Å². The maximum absolute atomic E-state index is 12.6. The number of hydrogen-bond donors (Lipinski definition) is 0. The Morgan fingerprint density at radius 2 is 1.93 bits per heavy atom. The third-order valence-electron chi connectivity index (χ3n) is 4.68. The van der Waals surface area contributed by atoms with Gasteiger partial charge in [-0.3, -0.25) is 4.79 Å². The van der Waals surface area contributed by atoms with E-state index < -0.39 is 0 Å². The number of carbonyl (C=O) groups is 1. The fourth-order valence-electron chi connectivity index (χ4n) is 3.20. The maximum Gasteiger partial charge on any atom is 0.260 e. The number of hydrogen-bond acceptors (Lipinski definition) is 4. The summed E-state index contributed by atoms with van der Waals surface area (Å²) in [5.74, 6) is 1.96. The molecule has 0 bridgehead atoms. The maximum atomic E-state index is 12.6. The van der Waals surface area contributed by atoms with Crippen molar-refractivity contribution < 1.29 is 19.0 Å². The van der Waals surface area contributed by atoms with Gasteiger partial charge in [-0.2, -0.15) is 0 Å². The lowest BCUT2D eigenvalue weighted by Crippen LogP contribution is -2.38. The first-order valence-electron chi connectivity index (χ1n) is 9.01. The molecule has 0 spiro atoms. The Balaban J connectivity index is 1.64. The number of fused-ring (bicyclic) bond motifs is 1. The van der Waals surface area contributed by atoms with Gasteiger partial charge in [-0.1, -0.05) is 24.3 Å². The van der Waals surface area contributed by atoms with Crippen molar-refractivity contribution in [1.82, 2.24) is 4.90 Å². The molecule has 142 valence electrons. The molecule has 27 heavy (non-hydrogen) atoms. The van der Waals surface area contributed by atoms with Crippen molar-refractivity contribution in [3.63, 3.8) is 0 Å². The Bertz CT molecular complexity index is 844. The second kappa shape index (κ2) is 8.62. The topological polar surface area (TPSA) is 48.0 Å². The van der Waals surface area contributed by atoms with Crippen molar-refractivity contribution in [2.45, 2.75) is 19.9 Å². The van der Waals surface area contributed by atoms with E-state index in [-0.39, 0.29) is 12.5 Å². The minimum Gasteiger partial charge on any atom is -0.497 e. The van der Waals surface area contributed by atoms with Crippen molar-refractivity contribution >= 4 is 12.0 Å². The molecular formula is C22H25NO4. The molecule has 0 aromatic heterocycles. The molecule has 0 radical (unpaired) electrons. The Morgan fingerprint density at radius 3 is 2.67 bits per heavy atom. The first kappa shape index (κ1) is 18.8. The molecule has 0 saturated heterocycles. The van der Waals surface area contributed by atoms with Crippen LogP contribution in [-0.4, -0.2) is 38.2 Å². The molecule has 3 rings (SSSR count). The molecule has 0 N–H and O–H groups in total. The summed E-state index contributed by atoms with van der Waals surface area (Å²) in [6, 6.07) is 11.7. The molecule has 5 heteroatoms. The average molecular weight is 367 g/mol. The first-order chi connectivity index (χ1) is 13.1. The molecule has 0 aliphatic carbocycles. The van der Waals surface area contributed by atoms with Crippen LogP contribution in [0, 0.1) is 0 Å². The van der Waals surface area contributed by atoms with E-state index in [4.69, 9.17) is 14.2 Å². The van der Waals surface area contributed by atoms with Crippen LogP contribution >= 0.6 is 0 Å². The third-order valence-corrected chi connectivity index (χ3v) is 4.68. The first-order valence-corrected chi connectivity index (χ1v) is 9.01. The Morgan fingerprint density at radius 1 is 1.07 bits per heavy atom. The average Bonchev–Trinajstić information content (AvgIpc) is 2.71. The smallest absolute Gasteiger partial charge is 0.260 e. The molecule has 1 amide bonds. The summed E-state index contributed by atoms with van der Waals surface area (Å²) in [5, 5.41) is 0.